The smallest absolute Gasteiger partial charge is 0.278 e. The van der Waals surface area contributed by atoms with Crippen molar-refractivity contribution in [3.8, 4) is 11.3 Å². The lowest BCUT2D eigenvalue weighted by Gasteiger charge is -2.09. The predicted octanol–water partition coefficient (Wildman–Crippen LogP) is 4.92. The Bertz CT molecular complexity index is 929. The van der Waals surface area contributed by atoms with Gasteiger partial charge in [-0.05, 0) is 19.8 Å². The molecule has 8 heteroatoms. The van der Waals surface area contributed by atoms with Crippen LogP contribution in [0, 0.1) is 6.92 Å². The second-order valence-electron chi connectivity index (χ2n) is 6.75. The van der Waals surface area contributed by atoms with Crippen molar-refractivity contribution in [3.63, 3.8) is 0 Å². The molecular weight excluding hydrogens is 366 g/mol. The van der Waals surface area contributed by atoms with Gasteiger partial charge in [-0.15, -0.1) is 0 Å². The van der Waals surface area contributed by atoms with Crippen molar-refractivity contribution >= 4 is 11.6 Å². The molecule has 0 aliphatic carbocycles. The fourth-order valence-corrected chi connectivity index (χ4v) is 2.82. The van der Waals surface area contributed by atoms with E-state index in [-0.39, 0.29) is 12.1 Å². The lowest BCUT2D eigenvalue weighted by atomic mass is 10.1. The molecule has 2 heterocycles. The van der Waals surface area contributed by atoms with E-state index in [2.05, 4.69) is 15.4 Å². The highest BCUT2D eigenvalue weighted by atomic mass is 19.3. The average Bonchev–Trinajstić information content (AvgIpc) is 3.25. The van der Waals surface area contributed by atoms with Crippen LogP contribution in [0.5, 0.6) is 0 Å². The molecule has 0 aliphatic heterocycles. The van der Waals surface area contributed by atoms with Gasteiger partial charge in [0.25, 0.3) is 5.91 Å². The molecule has 1 aromatic carbocycles. The molecule has 0 saturated carbocycles. The monoisotopic (exact) mass is 388 g/mol. The van der Waals surface area contributed by atoms with Gasteiger partial charge in [-0.25, -0.2) is 13.8 Å². The van der Waals surface area contributed by atoms with Gasteiger partial charge < -0.3 is 9.73 Å². The molecule has 1 amide bonds. The van der Waals surface area contributed by atoms with Crippen LogP contribution < -0.4 is 5.32 Å². The third-order valence-corrected chi connectivity index (χ3v) is 4.13. The Balaban J connectivity index is 1.63. The van der Waals surface area contributed by atoms with Crippen LogP contribution in [-0.4, -0.2) is 26.6 Å². The molecule has 0 radical (unpaired) electrons. The van der Waals surface area contributed by atoms with Crippen molar-refractivity contribution in [3.05, 3.63) is 54.3 Å². The van der Waals surface area contributed by atoms with Crippen molar-refractivity contribution in [1.29, 1.82) is 0 Å². The Morgan fingerprint density at radius 3 is 2.71 bits per heavy atom. The highest BCUT2D eigenvalue weighted by Crippen LogP contribution is 2.25. The van der Waals surface area contributed by atoms with E-state index in [9.17, 15) is 13.6 Å². The zero-order chi connectivity index (χ0) is 20.1. The highest BCUT2D eigenvalue weighted by Gasteiger charge is 2.21. The van der Waals surface area contributed by atoms with E-state index in [1.165, 1.54) is 6.20 Å². The maximum absolute atomic E-state index is 12.8. The number of amides is 1. The van der Waals surface area contributed by atoms with Gasteiger partial charge in [0.15, 0.2) is 17.3 Å². The standard InChI is InChI=1S/C20H22F2N4O2/c1-14-24-17(18(28-14)15-8-4-3-5-9-15)19(27)25-16-12-23-26(13-16)11-7-6-10-20(2,21)22/h3-5,8-9,12-13H,6-7,10-11H2,1-2H3,(H,25,27). The van der Waals surface area contributed by atoms with Gasteiger partial charge in [0.05, 0.1) is 11.9 Å². The lowest BCUT2D eigenvalue weighted by molar-refractivity contribution is 0.0102. The summed E-state index contributed by atoms with van der Waals surface area (Å²) in [6.07, 6.45) is 4.02. The van der Waals surface area contributed by atoms with Crippen LogP contribution in [0.25, 0.3) is 11.3 Å². The molecule has 0 spiro atoms. The number of nitrogens with zero attached hydrogens (tertiary/aromatic N) is 3. The minimum Gasteiger partial charge on any atom is -0.440 e. The predicted molar refractivity (Wildman–Crippen MR) is 101 cm³/mol. The zero-order valence-electron chi connectivity index (χ0n) is 15.8. The van der Waals surface area contributed by atoms with Crippen LogP contribution in [0.1, 0.15) is 42.6 Å². The van der Waals surface area contributed by atoms with Gasteiger partial charge in [0.1, 0.15) is 0 Å². The number of alkyl halides is 2. The number of hydrogen-bond acceptors (Lipinski definition) is 4. The van der Waals surface area contributed by atoms with Gasteiger partial charge in [0, 0.05) is 31.6 Å². The summed E-state index contributed by atoms with van der Waals surface area (Å²) in [6, 6.07) is 9.27. The van der Waals surface area contributed by atoms with E-state index in [0.29, 0.717) is 36.7 Å². The number of hydrogen-bond donors (Lipinski definition) is 1. The number of nitrogens with one attached hydrogen (secondary N) is 1. The Labute approximate surface area is 161 Å². The van der Waals surface area contributed by atoms with Gasteiger partial charge in [0.2, 0.25) is 5.92 Å². The Kier molecular flexibility index (Phi) is 5.87. The molecule has 0 saturated heterocycles. The number of halogens is 2. The third-order valence-electron chi connectivity index (χ3n) is 4.13. The normalized spacial score (nSPS) is 11.6. The summed E-state index contributed by atoms with van der Waals surface area (Å²) in [5, 5.41) is 6.91. The Hall–Kier alpha value is -3.03. The molecule has 2 aromatic heterocycles. The Morgan fingerprint density at radius 2 is 2.00 bits per heavy atom. The molecule has 0 bridgehead atoms. The molecular formula is C20H22F2N4O2. The summed E-state index contributed by atoms with van der Waals surface area (Å²) in [7, 11) is 0. The number of carbonyl (C=O) groups is 1. The van der Waals surface area contributed by atoms with Gasteiger partial charge in [-0.1, -0.05) is 30.3 Å². The van der Waals surface area contributed by atoms with Crippen LogP contribution in [0.3, 0.4) is 0 Å². The summed E-state index contributed by atoms with van der Waals surface area (Å²) < 4.78 is 32.9. The van der Waals surface area contributed by atoms with Crippen molar-refractivity contribution in [2.45, 2.75) is 45.6 Å². The van der Waals surface area contributed by atoms with E-state index < -0.39 is 11.8 Å². The molecule has 0 atom stereocenters. The second-order valence-corrected chi connectivity index (χ2v) is 6.75. The number of aromatic nitrogens is 3. The van der Waals surface area contributed by atoms with Gasteiger partial charge in [-0.3, -0.25) is 9.48 Å². The zero-order valence-corrected chi connectivity index (χ0v) is 15.8. The lowest BCUT2D eigenvalue weighted by Crippen LogP contribution is -2.13. The molecule has 0 fully saturated rings. The number of oxazole rings is 1. The van der Waals surface area contributed by atoms with Crippen LogP contribution in [0.4, 0.5) is 14.5 Å². The van der Waals surface area contributed by atoms with Crippen LogP contribution in [0.15, 0.2) is 47.1 Å². The number of carbonyl (C=O) groups excluding carboxylic acids is 1. The average molecular weight is 388 g/mol. The van der Waals surface area contributed by atoms with E-state index in [1.54, 1.807) is 17.8 Å². The van der Waals surface area contributed by atoms with Crippen LogP contribution in [-0.2, 0) is 6.54 Å². The first-order valence-corrected chi connectivity index (χ1v) is 9.06. The summed E-state index contributed by atoms with van der Waals surface area (Å²) in [5.41, 5.74) is 1.46. The molecule has 28 heavy (non-hydrogen) atoms. The third kappa shape index (κ3) is 5.25. The fourth-order valence-electron chi connectivity index (χ4n) is 2.82. The van der Waals surface area contributed by atoms with Crippen molar-refractivity contribution in [2.24, 2.45) is 0 Å². The van der Waals surface area contributed by atoms with E-state index in [4.69, 9.17) is 4.42 Å². The first-order chi connectivity index (χ1) is 13.3. The number of unbranched alkanes of at least 4 members (excludes halogenated alkanes) is 1. The maximum atomic E-state index is 12.8. The molecule has 6 nitrogen and oxygen atoms in total. The number of benzene rings is 1. The summed E-state index contributed by atoms with van der Waals surface area (Å²) in [4.78, 5) is 16.8. The first-order valence-electron chi connectivity index (χ1n) is 9.06. The fraction of sp³-hybridized carbons (Fsp3) is 0.350. The molecule has 3 aromatic rings. The van der Waals surface area contributed by atoms with Gasteiger partial charge >= 0.3 is 0 Å². The molecule has 148 valence electrons. The minimum atomic E-state index is -2.64. The number of aryl methyl sites for hydroxylation is 2. The molecule has 3 rings (SSSR count). The van der Waals surface area contributed by atoms with Crippen LogP contribution >= 0.6 is 0 Å². The Morgan fingerprint density at radius 1 is 1.25 bits per heavy atom. The summed E-state index contributed by atoms with van der Waals surface area (Å²) in [5.74, 6) is -2.24. The van der Waals surface area contributed by atoms with E-state index >= 15 is 0 Å². The van der Waals surface area contributed by atoms with Crippen molar-refractivity contribution in [2.75, 3.05) is 5.32 Å². The van der Waals surface area contributed by atoms with Crippen molar-refractivity contribution in [1.82, 2.24) is 14.8 Å². The molecule has 0 unspecified atom stereocenters. The topological polar surface area (TPSA) is 73.0 Å². The number of anilines is 1. The van der Waals surface area contributed by atoms with Crippen LogP contribution in [0.2, 0.25) is 0 Å². The quantitative estimate of drug-likeness (QED) is 0.556. The molecule has 0 aliphatic rings. The summed E-state index contributed by atoms with van der Waals surface area (Å²) in [6.45, 7) is 3.11. The maximum Gasteiger partial charge on any atom is 0.278 e. The van der Waals surface area contributed by atoms with E-state index in [0.717, 1.165) is 12.5 Å². The largest absolute Gasteiger partial charge is 0.440 e. The van der Waals surface area contributed by atoms with E-state index in [1.807, 2.05) is 30.3 Å². The SMILES string of the molecule is Cc1nc(C(=O)Nc2cnn(CCCCC(C)(F)F)c2)c(-c2ccccc2)o1. The molecule has 1 N–H and O–H groups in total. The summed E-state index contributed by atoms with van der Waals surface area (Å²) >= 11 is 0. The second kappa shape index (κ2) is 8.33. The van der Waals surface area contributed by atoms with Gasteiger partial charge in [-0.2, -0.15) is 5.10 Å². The minimum absolute atomic E-state index is 0.147. The highest BCUT2D eigenvalue weighted by molar-refractivity contribution is 6.06. The number of rotatable bonds is 8. The first kappa shape index (κ1) is 19.7. The van der Waals surface area contributed by atoms with Crippen molar-refractivity contribution < 1.29 is 18.0 Å².